The summed E-state index contributed by atoms with van der Waals surface area (Å²) in [5.74, 6) is 2.69. The van der Waals surface area contributed by atoms with Crippen LogP contribution in [-0.4, -0.2) is 19.9 Å². The second-order valence-corrected chi connectivity index (χ2v) is 6.89. The highest BCUT2D eigenvalue weighted by Gasteiger charge is 2.06. The highest BCUT2D eigenvalue weighted by Crippen LogP contribution is 2.25. The molecule has 0 spiro atoms. The number of hydrogen-bond acceptors (Lipinski definition) is 6. The maximum Gasteiger partial charge on any atom is 0.135 e. The van der Waals surface area contributed by atoms with Crippen LogP contribution in [0.2, 0.25) is 5.15 Å². The lowest BCUT2D eigenvalue weighted by Crippen LogP contribution is -2.00. The lowest BCUT2D eigenvalue weighted by Gasteiger charge is -2.11. The smallest absolute Gasteiger partial charge is 0.135 e. The van der Waals surface area contributed by atoms with Crippen molar-refractivity contribution in [3.63, 3.8) is 0 Å². The van der Waals surface area contributed by atoms with Gasteiger partial charge in [-0.15, -0.1) is 0 Å². The highest BCUT2D eigenvalue weighted by atomic mass is 35.5. The summed E-state index contributed by atoms with van der Waals surface area (Å²) >= 11 is 6.02. The molecule has 0 bridgehead atoms. The van der Waals surface area contributed by atoms with Crippen molar-refractivity contribution >= 4 is 34.6 Å². The summed E-state index contributed by atoms with van der Waals surface area (Å²) in [5, 5.41) is 7.01. The summed E-state index contributed by atoms with van der Waals surface area (Å²) in [7, 11) is 0. The van der Waals surface area contributed by atoms with E-state index < -0.39 is 0 Å². The minimum atomic E-state index is 0.402. The van der Waals surface area contributed by atoms with Crippen LogP contribution < -0.4 is 10.6 Å². The van der Waals surface area contributed by atoms with Crippen molar-refractivity contribution in [2.45, 2.75) is 13.8 Å². The van der Waals surface area contributed by atoms with Gasteiger partial charge in [0.25, 0.3) is 0 Å². The predicted octanol–water partition coefficient (Wildman–Crippen LogP) is 5.69. The Hall–Kier alpha value is -3.51. The molecule has 7 heteroatoms. The summed E-state index contributed by atoms with van der Waals surface area (Å²) < 4.78 is 0. The molecule has 0 aliphatic heterocycles. The molecule has 0 aliphatic carbocycles. The van der Waals surface area contributed by atoms with Crippen molar-refractivity contribution in [1.82, 2.24) is 19.9 Å². The zero-order valence-electron chi connectivity index (χ0n) is 16.0. The number of hydrogen-bond donors (Lipinski definition) is 2. The fourth-order valence-electron chi connectivity index (χ4n) is 2.95. The molecular formula is C22H19ClN6. The Balaban J connectivity index is 1.57. The number of nitrogens with zero attached hydrogens (tertiary/aromatic N) is 4. The monoisotopic (exact) mass is 402 g/mol. The van der Waals surface area contributed by atoms with Crippen molar-refractivity contribution < 1.29 is 0 Å². The molecule has 0 saturated carbocycles. The molecule has 0 aliphatic rings. The van der Waals surface area contributed by atoms with Gasteiger partial charge in [-0.3, -0.25) is 0 Å². The lowest BCUT2D eigenvalue weighted by molar-refractivity contribution is 1.06. The van der Waals surface area contributed by atoms with E-state index in [9.17, 15) is 0 Å². The van der Waals surface area contributed by atoms with E-state index in [-0.39, 0.29) is 0 Å². The molecule has 2 N–H and O–H groups in total. The third-order valence-corrected chi connectivity index (χ3v) is 4.32. The molecule has 0 unspecified atom stereocenters. The number of halogens is 1. The number of aromatic nitrogens is 4. The van der Waals surface area contributed by atoms with E-state index in [1.165, 1.54) is 0 Å². The number of aryl methyl sites for hydroxylation is 2. The highest BCUT2D eigenvalue weighted by molar-refractivity contribution is 6.29. The SMILES string of the molecule is Cc1nc(Cl)cc(Nc2cccc(Nc3cc(-c4ccccc4)nc(C)n3)c2)n1. The van der Waals surface area contributed by atoms with Crippen LogP contribution >= 0.6 is 11.6 Å². The van der Waals surface area contributed by atoms with Gasteiger partial charge in [0, 0.05) is 29.1 Å². The van der Waals surface area contributed by atoms with E-state index >= 15 is 0 Å². The van der Waals surface area contributed by atoms with Crippen LogP contribution in [0.25, 0.3) is 11.3 Å². The molecular weight excluding hydrogens is 384 g/mol. The van der Waals surface area contributed by atoms with Gasteiger partial charge in [0.2, 0.25) is 0 Å². The Kier molecular flexibility index (Phi) is 5.35. The van der Waals surface area contributed by atoms with Crippen LogP contribution in [-0.2, 0) is 0 Å². The Morgan fingerprint density at radius 1 is 0.655 bits per heavy atom. The van der Waals surface area contributed by atoms with Gasteiger partial charge in [0.1, 0.15) is 28.4 Å². The predicted molar refractivity (Wildman–Crippen MR) is 117 cm³/mol. The van der Waals surface area contributed by atoms with E-state index in [1.54, 1.807) is 13.0 Å². The zero-order valence-corrected chi connectivity index (χ0v) is 16.8. The Morgan fingerprint density at radius 2 is 1.28 bits per heavy atom. The topological polar surface area (TPSA) is 75.6 Å². The van der Waals surface area contributed by atoms with E-state index in [0.717, 1.165) is 28.5 Å². The lowest BCUT2D eigenvalue weighted by atomic mass is 10.1. The van der Waals surface area contributed by atoms with E-state index in [4.69, 9.17) is 11.6 Å². The number of benzene rings is 2. The number of anilines is 4. The van der Waals surface area contributed by atoms with Crippen LogP contribution in [0, 0.1) is 13.8 Å². The van der Waals surface area contributed by atoms with E-state index in [0.29, 0.717) is 22.6 Å². The first-order chi connectivity index (χ1) is 14.0. The molecule has 0 radical (unpaired) electrons. The van der Waals surface area contributed by atoms with Gasteiger partial charge in [-0.25, -0.2) is 19.9 Å². The fourth-order valence-corrected chi connectivity index (χ4v) is 3.18. The molecule has 0 atom stereocenters. The molecule has 2 aromatic carbocycles. The minimum Gasteiger partial charge on any atom is -0.340 e. The molecule has 144 valence electrons. The first kappa shape index (κ1) is 18.8. The van der Waals surface area contributed by atoms with Crippen LogP contribution in [0.3, 0.4) is 0 Å². The first-order valence-electron chi connectivity index (χ1n) is 9.11. The van der Waals surface area contributed by atoms with Gasteiger partial charge in [0.15, 0.2) is 0 Å². The van der Waals surface area contributed by atoms with Crippen LogP contribution in [0.1, 0.15) is 11.6 Å². The average molecular weight is 403 g/mol. The van der Waals surface area contributed by atoms with Crippen LogP contribution in [0.15, 0.2) is 66.7 Å². The molecule has 0 fully saturated rings. The maximum atomic E-state index is 6.02. The third-order valence-electron chi connectivity index (χ3n) is 4.12. The van der Waals surface area contributed by atoms with Crippen molar-refractivity contribution in [1.29, 1.82) is 0 Å². The Labute approximate surface area is 174 Å². The number of rotatable bonds is 5. The van der Waals surface area contributed by atoms with Gasteiger partial charge in [-0.1, -0.05) is 48.0 Å². The van der Waals surface area contributed by atoms with Gasteiger partial charge in [-0.05, 0) is 32.0 Å². The van der Waals surface area contributed by atoms with Gasteiger partial charge in [0.05, 0.1) is 5.69 Å². The standard InChI is InChI=1S/C22H19ClN6/c1-14-24-19(16-7-4-3-5-8-16)12-21(26-14)28-17-9-6-10-18(11-17)29-22-13-20(23)25-15(2)27-22/h3-13H,1-2H3,(H,24,26,28)(H,25,27,29). The van der Waals surface area contributed by atoms with Gasteiger partial charge in [-0.2, -0.15) is 0 Å². The second kappa shape index (κ2) is 8.24. The maximum absolute atomic E-state index is 6.02. The molecule has 2 aromatic heterocycles. The second-order valence-electron chi connectivity index (χ2n) is 6.51. The summed E-state index contributed by atoms with van der Waals surface area (Å²) in [5.41, 5.74) is 3.69. The molecule has 4 aromatic rings. The van der Waals surface area contributed by atoms with Crippen molar-refractivity contribution in [2.75, 3.05) is 10.6 Å². The quantitative estimate of drug-likeness (QED) is 0.417. The number of nitrogens with one attached hydrogen (secondary N) is 2. The fraction of sp³-hybridized carbons (Fsp3) is 0.0909. The summed E-state index contributed by atoms with van der Waals surface area (Å²) in [6.45, 7) is 3.69. The summed E-state index contributed by atoms with van der Waals surface area (Å²) in [6.07, 6.45) is 0. The molecule has 2 heterocycles. The largest absolute Gasteiger partial charge is 0.340 e. The molecule has 6 nitrogen and oxygen atoms in total. The average Bonchev–Trinajstić information content (AvgIpc) is 2.68. The minimum absolute atomic E-state index is 0.402. The van der Waals surface area contributed by atoms with Crippen molar-refractivity contribution in [3.05, 3.63) is 83.5 Å². The molecule has 0 saturated heterocycles. The van der Waals surface area contributed by atoms with E-state index in [2.05, 4.69) is 30.6 Å². The molecule has 0 amide bonds. The first-order valence-corrected chi connectivity index (χ1v) is 9.49. The summed E-state index contributed by atoms with van der Waals surface area (Å²) in [4.78, 5) is 17.5. The van der Waals surface area contributed by atoms with Gasteiger partial charge >= 0.3 is 0 Å². The zero-order chi connectivity index (χ0) is 20.2. The van der Waals surface area contributed by atoms with Crippen LogP contribution in [0.4, 0.5) is 23.0 Å². The van der Waals surface area contributed by atoms with E-state index in [1.807, 2.05) is 67.6 Å². The third kappa shape index (κ3) is 4.86. The van der Waals surface area contributed by atoms with Crippen LogP contribution in [0.5, 0.6) is 0 Å². The summed E-state index contributed by atoms with van der Waals surface area (Å²) in [6, 6.07) is 21.5. The normalized spacial score (nSPS) is 10.6. The van der Waals surface area contributed by atoms with Crippen molar-refractivity contribution in [2.24, 2.45) is 0 Å². The molecule has 29 heavy (non-hydrogen) atoms. The Morgan fingerprint density at radius 3 is 1.93 bits per heavy atom. The Bertz CT molecular complexity index is 1130. The van der Waals surface area contributed by atoms with Gasteiger partial charge < -0.3 is 10.6 Å². The molecule has 4 rings (SSSR count). The van der Waals surface area contributed by atoms with Crippen molar-refractivity contribution in [3.8, 4) is 11.3 Å².